The normalized spacial score (nSPS) is 19.7. The molecule has 0 heterocycles. The Kier molecular flexibility index (Phi) is 6.32. The molecule has 1 saturated carbocycles. The maximum Gasteiger partial charge on any atom is 0.0487 e. The summed E-state index contributed by atoms with van der Waals surface area (Å²) in [7, 11) is 1.73. The summed E-state index contributed by atoms with van der Waals surface area (Å²) in [6.45, 7) is 8.09. The first-order valence-electron chi connectivity index (χ1n) is 6.55. The van der Waals surface area contributed by atoms with Gasteiger partial charge in [-0.2, -0.15) is 0 Å². The zero-order valence-corrected chi connectivity index (χ0v) is 11.1. The molecule has 1 unspecified atom stereocenters. The second kappa shape index (κ2) is 7.25. The van der Waals surface area contributed by atoms with Crippen LogP contribution in [0, 0.1) is 5.41 Å². The lowest BCUT2D eigenvalue weighted by Gasteiger charge is -2.24. The average Bonchev–Trinajstić information content (AvgIpc) is 3.05. The molecule has 96 valence electrons. The smallest absolute Gasteiger partial charge is 0.0487 e. The predicted molar refractivity (Wildman–Crippen MR) is 66.7 cm³/mol. The molecule has 1 atom stereocenters. The van der Waals surface area contributed by atoms with Crippen molar-refractivity contribution in [2.24, 2.45) is 5.41 Å². The summed E-state index contributed by atoms with van der Waals surface area (Å²) < 4.78 is 10.6. The third kappa shape index (κ3) is 4.40. The van der Waals surface area contributed by atoms with E-state index in [4.69, 9.17) is 9.47 Å². The van der Waals surface area contributed by atoms with Gasteiger partial charge in [0.25, 0.3) is 0 Å². The molecule has 0 radical (unpaired) electrons. The van der Waals surface area contributed by atoms with Crippen LogP contribution in [0.4, 0.5) is 0 Å². The summed E-state index contributed by atoms with van der Waals surface area (Å²) in [5.41, 5.74) is 0.539. The molecule has 0 spiro atoms. The van der Waals surface area contributed by atoms with E-state index in [0.29, 0.717) is 11.5 Å². The summed E-state index contributed by atoms with van der Waals surface area (Å²) in [6.07, 6.45) is 4.94. The van der Waals surface area contributed by atoms with Gasteiger partial charge in [0, 0.05) is 33.0 Å². The molecule has 1 N–H and O–H groups in total. The van der Waals surface area contributed by atoms with E-state index in [1.165, 1.54) is 19.3 Å². The van der Waals surface area contributed by atoms with Crippen LogP contribution in [0.5, 0.6) is 0 Å². The second-order valence-corrected chi connectivity index (χ2v) is 4.85. The number of methoxy groups -OCH3 is 1. The Bertz CT molecular complexity index is 181. The standard InChI is InChI=1S/C13H27NO2/c1-4-14-12(2)13(6-7-13)8-11-16-10-5-9-15-3/h12,14H,4-11H2,1-3H3. The highest BCUT2D eigenvalue weighted by Crippen LogP contribution is 2.51. The van der Waals surface area contributed by atoms with Crippen molar-refractivity contribution < 1.29 is 9.47 Å². The number of hydrogen-bond acceptors (Lipinski definition) is 3. The van der Waals surface area contributed by atoms with Crippen molar-refractivity contribution in [3.8, 4) is 0 Å². The molecular weight excluding hydrogens is 202 g/mol. The van der Waals surface area contributed by atoms with Crippen LogP contribution in [0.15, 0.2) is 0 Å². The van der Waals surface area contributed by atoms with E-state index < -0.39 is 0 Å². The van der Waals surface area contributed by atoms with Crippen LogP contribution < -0.4 is 5.32 Å². The molecule has 0 saturated heterocycles. The van der Waals surface area contributed by atoms with Crippen LogP contribution in [0.25, 0.3) is 0 Å². The first-order chi connectivity index (χ1) is 7.75. The van der Waals surface area contributed by atoms with Crippen molar-refractivity contribution in [2.75, 3.05) is 33.5 Å². The van der Waals surface area contributed by atoms with E-state index in [-0.39, 0.29) is 0 Å². The molecule has 0 aromatic carbocycles. The Morgan fingerprint density at radius 2 is 2.00 bits per heavy atom. The Morgan fingerprint density at radius 3 is 2.56 bits per heavy atom. The lowest BCUT2D eigenvalue weighted by atomic mass is 9.94. The quantitative estimate of drug-likeness (QED) is 0.583. The first kappa shape index (κ1) is 13.9. The fraction of sp³-hybridized carbons (Fsp3) is 1.00. The Hall–Kier alpha value is -0.120. The highest BCUT2D eigenvalue weighted by atomic mass is 16.5. The average molecular weight is 229 g/mol. The summed E-state index contributed by atoms with van der Waals surface area (Å²) in [5.74, 6) is 0. The van der Waals surface area contributed by atoms with Crippen LogP contribution >= 0.6 is 0 Å². The minimum Gasteiger partial charge on any atom is -0.385 e. The van der Waals surface area contributed by atoms with Crippen molar-refractivity contribution in [3.05, 3.63) is 0 Å². The van der Waals surface area contributed by atoms with E-state index >= 15 is 0 Å². The minimum absolute atomic E-state index is 0.539. The minimum atomic E-state index is 0.539. The molecular formula is C13H27NO2. The zero-order chi connectivity index (χ0) is 11.9. The molecule has 1 fully saturated rings. The van der Waals surface area contributed by atoms with Gasteiger partial charge >= 0.3 is 0 Å². The predicted octanol–water partition coefficient (Wildman–Crippen LogP) is 2.21. The summed E-state index contributed by atoms with van der Waals surface area (Å²) in [5, 5.41) is 3.53. The molecule has 3 nitrogen and oxygen atoms in total. The second-order valence-electron chi connectivity index (χ2n) is 4.85. The fourth-order valence-corrected chi connectivity index (χ4v) is 2.27. The van der Waals surface area contributed by atoms with Gasteiger partial charge in [-0.25, -0.2) is 0 Å². The van der Waals surface area contributed by atoms with E-state index in [1.807, 2.05) is 0 Å². The molecule has 0 aromatic heterocycles. The molecule has 1 aliphatic carbocycles. The Balaban J connectivity index is 2.03. The maximum atomic E-state index is 5.63. The monoisotopic (exact) mass is 229 g/mol. The molecule has 16 heavy (non-hydrogen) atoms. The van der Waals surface area contributed by atoms with Crippen molar-refractivity contribution in [3.63, 3.8) is 0 Å². The fourth-order valence-electron chi connectivity index (χ4n) is 2.27. The van der Waals surface area contributed by atoms with Crippen LogP contribution in [-0.4, -0.2) is 39.5 Å². The Morgan fingerprint density at radius 1 is 1.25 bits per heavy atom. The number of nitrogens with one attached hydrogen (secondary N) is 1. The first-order valence-corrected chi connectivity index (χ1v) is 6.55. The number of rotatable bonds is 10. The van der Waals surface area contributed by atoms with Crippen molar-refractivity contribution in [1.82, 2.24) is 5.32 Å². The number of ether oxygens (including phenoxy) is 2. The van der Waals surface area contributed by atoms with Gasteiger partial charge in [0.15, 0.2) is 0 Å². The summed E-state index contributed by atoms with van der Waals surface area (Å²) in [4.78, 5) is 0. The SMILES string of the molecule is CCNC(C)C1(CCOCCCOC)CC1. The van der Waals surface area contributed by atoms with Gasteiger partial charge in [0.1, 0.15) is 0 Å². The number of hydrogen-bond donors (Lipinski definition) is 1. The van der Waals surface area contributed by atoms with Gasteiger partial charge in [-0.1, -0.05) is 6.92 Å². The lowest BCUT2D eigenvalue weighted by Crippen LogP contribution is -2.35. The third-order valence-corrected chi connectivity index (χ3v) is 3.70. The zero-order valence-electron chi connectivity index (χ0n) is 11.1. The van der Waals surface area contributed by atoms with Gasteiger partial charge in [-0.15, -0.1) is 0 Å². The molecule has 0 aliphatic heterocycles. The highest BCUT2D eigenvalue weighted by molar-refractivity contribution is 4.99. The van der Waals surface area contributed by atoms with E-state index in [0.717, 1.165) is 32.8 Å². The Labute approximate surface area is 99.9 Å². The van der Waals surface area contributed by atoms with Crippen molar-refractivity contribution in [1.29, 1.82) is 0 Å². The molecule has 0 aromatic rings. The summed E-state index contributed by atoms with van der Waals surface area (Å²) in [6, 6.07) is 0.639. The van der Waals surface area contributed by atoms with E-state index in [1.54, 1.807) is 7.11 Å². The van der Waals surface area contributed by atoms with E-state index in [9.17, 15) is 0 Å². The van der Waals surface area contributed by atoms with Crippen LogP contribution in [0.2, 0.25) is 0 Å². The van der Waals surface area contributed by atoms with Gasteiger partial charge < -0.3 is 14.8 Å². The molecule has 3 heteroatoms. The van der Waals surface area contributed by atoms with Gasteiger partial charge in [0.2, 0.25) is 0 Å². The van der Waals surface area contributed by atoms with E-state index in [2.05, 4.69) is 19.2 Å². The molecule has 1 aliphatic rings. The molecule has 0 amide bonds. The van der Waals surface area contributed by atoms with Gasteiger partial charge in [-0.05, 0) is 44.6 Å². The highest BCUT2D eigenvalue weighted by Gasteiger charge is 2.46. The van der Waals surface area contributed by atoms with Gasteiger partial charge in [0.05, 0.1) is 0 Å². The third-order valence-electron chi connectivity index (χ3n) is 3.70. The molecule has 1 rings (SSSR count). The topological polar surface area (TPSA) is 30.5 Å². The van der Waals surface area contributed by atoms with Crippen LogP contribution in [0.1, 0.15) is 39.5 Å². The van der Waals surface area contributed by atoms with Gasteiger partial charge in [-0.3, -0.25) is 0 Å². The van der Waals surface area contributed by atoms with Crippen LogP contribution in [0.3, 0.4) is 0 Å². The lowest BCUT2D eigenvalue weighted by molar-refractivity contribution is 0.0874. The maximum absolute atomic E-state index is 5.63. The molecule has 0 bridgehead atoms. The largest absolute Gasteiger partial charge is 0.385 e. The van der Waals surface area contributed by atoms with Crippen molar-refractivity contribution in [2.45, 2.75) is 45.6 Å². The van der Waals surface area contributed by atoms with Crippen LogP contribution in [-0.2, 0) is 9.47 Å². The summed E-state index contributed by atoms with van der Waals surface area (Å²) >= 11 is 0. The van der Waals surface area contributed by atoms with Crippen molar-refractivity contribution >= 4 is 0 Å².